The van der Waals surface area contributed by atoms with Crippen LogP contribution in [-0.2, 0) is 0 Å². The lowest BCUT2D eigenvalue weighted by Gasteiger charge is -2.20. The standard InChI is InChI=1S/C10H20F2/c1-8(7-9(11)12)5-6-10(2,3)4/h8-9H,5-7H2,1-4H3/t8-/m1/s1. The Labute approximate surface area is 74.4 Å². The lowest BCUT2D eigenvalue weighted by Crippen LogP contribution is -2.09. The summed E-state index contributed by atoms with van der Waals surface area (Å²) in [6.07, 6.45) is -0.148. The fourth-order valence-corrected chi connectivity index (χ4v) is 1.10. The van der Waals surface area contributed by atoms with E-state index < -0.39 is 6.43 Å². The van der Waals surface area contributed by atoms with E-state index in [-0.39, 0.29) is 17.8 Å². The fraction of sp³-hybridized carbons (Fsp3) is 1.00. The largest absolute Gasteiger partial charge is 0.238 e. The molecule has 0 unspecified atom stereocenters. The van der Waals surface area contributed by atoms with Gasteiger partial charge in [-0.3, -0.25) is 0 Å². The highest BCUT2D eigenvalue weighted by Crippen LogP contribution is 2.25. The van der Waals surface area contributed by atoms with E-state index in [1.54, 1.807) is 0 Å². The summed E-state index contributed by atoms with van der Waals surface area (Å²) in [5, 5.41) is 0. The van der Waals surface area contributed by atoms with Crippen LogP contribution in [0.3, 0.4) is 0 Å². The van der Waals surface area contributed by atoms with Gasteiger partial charge in [-0.25, -0.2) is 8.78 Å². The molecule has 0 rings (SSSR count). The van der Waals surface area contributed by atoms with Crippen molar-refractivity contribution < 1.29 is 8.78 Å². The maximum atomic E-state index is 11.9. The zero-order chi connectivity index (χ0) is 9.78. The van der Waals surface area contributed by atoms with Gasteiger partial charge in [0.05, 0.1) is 0 Å². The van der Waals surface area contributed by atoms with Crippen LogP contribution in [0.4, 0.5) is 8.78 Å². The Balaban J connectivity index is 3.51. The topological polar surface area (TPSA) is 0 Å². The molecule has 0 aromatic heterocycles. The molecule has 74 valence electrons. The number of alkyl halides is 2. The van der Waals surface area contributed by atoms with Crippen molar-refractivity contribution in [3.8, 4) is 0 Å². The predicted octanol–water partition coefficient (Wildman–Crippen LogP) is 4.10. The van der Waals surface area contributed by atoms with Gasteiger partial charge in [-0.15, -0.1) is 0 Å². The van der Waals surface area contributed by atoms with E-state index in [2.05, 4.69) is 20.8 Å². The van der Waals surface area contributed by atoms with Crippen LogP contribution in [0.15, 0.2) is 0 Å². The van der Waals surface area contributed by atoms with E-state index in [1.165, 1.54) is 0 Å². The Bertz CT molecular complexity index is 113. The summed E-state index contributed by atoms with van der Waals surface area (Å²) < 4.78 is 23.8. The molecule has 0 aliphatic carbocycles. The van der Waals surface area contributed by atoms with Crippen LogP contribution in [0.25, 0.3) is 0 Å². The molecule has 2 heteroatoms. The van der Waals surface area contributed by atoms with E-state index in [0.29, 0.717) is 0 Å². The van der Waals surface area contributed by atoms with Crippen molar-refractivity contribution in [2.75, 3.05) is 0 Å². The van der Waals surface area contributed by atoms with E-state index in [1.807, 2.05) is 6.92 Å². The summed E-state index contributed by atoms with van der Waals surface area (Å²) >= 11 is 0. The second-order valence-corrected chi connectivity index (χ2v) is 4.83. The zero-order valence-corrected chi connectivity index (χ0v) is 8.53. The maximum absolute atomic E-state index is 11.9. The average Bonchev–Trinajstić information content (AvgIpc) is 1.80. The number of hydrogen-bond acceptors (Lipinski definition) is 0. The highest BCUT2D eigenvalue weighted by atomic mass is 19.3. The van der Waals surface area contributed by atoms with E-state index >= 15 is 0 Å². The first kappa shape index (κ1) is 11.9. The molecule has 0 aliphatic rings. The SMILES string of the molecule is C[C@H](CCC(C)(C)C)CC(F)F. The lowest BCUT2D eigenvalue weighted by atomic mass is 9.86. The first-order valence-corrected chi connectivity index (χ1v) is 4.59. The van der Waals surface area contributed by atoms with Crippen molar-refractivity contribution in [2.45, 2.75) is 53.4 Å². The lowest BCUT2D eigenvalue weighted by molar-refractivity contribution is 0.113. The minimum Gasteiger partial charge on any atom is -0.211 e. The van der Waals surface area contributed by atoms with Crippen molar-refractivity contribution in [2.24, 2.45) is 11.3 Å². The third-order valence-corrected chi connectivity index (χ3v) is 1.97. The van der Waals surface area contributed by atoms with Gasteiger partial charge in [-0.2, -0.15) is 0 Å². The fourth-order valence-electron chi connectivity index (χ4n) is 1.10. The summed E-state index contributed by atoms with van der Waals surface area (Å²) in [5.41, 5.74) is 0.274. The van der Waals surface area contributed by atoms with Crippen LogP contribution in [0.5, 0.6) is 0 Å². The van der Waals surface area contributed by atoms with Gasteiger partial charge >= 0.3 is 0 Å². The smallest absolute Gasteiger partial charge is 0.211 e. The molecular formula is C10H20F2. The molecule has 0 amide bonds. The molecule has 0 aromatic carbocycles. The predicted molar refractivity (Wildman–Crippen MR) is 48.5 cm³/mol. The molecule has 0 bridgehead atoms. The molecule has 0 heterocycles. The third kappa shape index (κ3) is 7.96. The van der Waals surface area contributed by atoms with Crippen LogP contribution < -0.4 is 0 Å². The second kappa shape index (κ2) is 4.78. The van der Waals surface area contributed by atoms with Gasteiger partial charge in [-0.05, 0) is 17.8 Å². The molecule has 0 aliphatic heterocycles. The molecule has 0 fully saturated rings. The van der Waals surface area contributed by atoms with Crippen LogP contribution in [-0.4, -0.2) is 6.43 Å². The van der Waals surface area contributed by atoms with Gasteiger partial charge in [0.25, 0.3) is 0 Å². The van der Waals surface area contributed by atoms with E-state index in [0.717, 1.165) is 12.8 Å². The first-order chi connectivity index (χ1) is 5.31. The summed E-state index contributed by atoms with van der Waals surface area (Å²) in [5.74, 6) is 0.157. The molecule has 0 nitrogen and oxygen atoms in total. The summed E-state index contributed by atoms with van der Waals surface area (Å²) in [7, 11) is 0. The second-order valence-electron chi connectivity index (χ2n) is 4.83. The van der Waals surface area contributed by atoms with Gasteiger partial charge in [0.2, 0.25) is 6.43 Å². The normalized spacial score (nSPS) is 15.2. The van der Waals surface area contributed by atoms with E-state index in [9.17, 15) is 8.78 Å². The molecule has 0 saturated heterocycles. The minimum absolute atomic E-state index is 0.0517. The number of halogens is 2. The van der Waals surface area contributed by atoms with Gasteiger partial charge < -0.3 is 0 Å². The van der Waals surface area contributed by atoms with Gasteiger partial charge in [-0.1, -0.05) is 34.1 Å². The highest BCUT2D eigenvalue weighted by molar-refractivity contribution is 4.64. The van der Waals surface area contributed by atoms with Gasteiger partial charge in [0.1, 0.15) is 0 Å². The zero-order valence-electron chi connectivity index (χ0n) is 8.53. The molecule has 0 N–H and O–H groups in total. The Morgan fingerprint density at radius 3 is 2.00 bits per heavy atom. The number of hydrogen-bond donors (Lipinski definition) is 0. The van der Waals surface area contributed by atoms with Crippen molar-refractivity contribution in [3.05, 3.63) is 0 Å². The van der Waals surface area contributed by atoms with Gasteiger partial charge in [0, 0.05) is 6.42 Å². The van der Waals surface area contributed by atoms with Gasteiger partial charge in [0.15, 0.2) is 0 Å². The van der Waals surface area contributed by atoms with Crippen LogP contribution in [0.2, 0.25) is 0 Å². The molecule has 1 atom stereocenters. The molecule has 12 heavy (non-hydrogen) atoms. The highest BCUT2D eigenvalue weighted by Gasteiger charge is 2.15. The molecule has 0 aromatic rings. The third-order valence-electron chi connectivity index (χ3n) is 1.97. The summed E-state index contributed by atoms with van der Waals surface area (Å²) in [6.45, 7) is 8.32. The van der Waals surface area contributed by atoms with Crippen molar-refractivity contribution >= 4 is 0 Å². The molecule has 0 radical (unpaired) electrons. The maximum Gasteiger partial charge on any atom is 0.238 e. The molecular weight excluding hydrogens is 158 g/mol. The van der Waals surface area contributed by atoms with Crippen LogP contribution >= 0.6 is 0 Å². The molecule has 0 saturated carbocycles. The monoisotopic (exact) mass is 178 g/mol. The Morgan fingerprint density at radius 1 is 1.17 bits per heavy atom. The Kier molecular flexibility index (Phi) is 4.73. The average molecular weight is 178 g/mol. The Morgan fingerprint density at radius 2 is 1.67 bits per heavy atom. The molecule has 0 spiro atoms. The Hall–Kier alpha value is -0.140. The van der Waals surface area contributed by atoms with Crippen molar-refractivity contribution in [1.29, 1.82) is 0 Å². The minimum atomic E-state index is -2.14. The van der Waals surface area contributed by atoms with E-state index in [4.69, 9.17) is 0 Å². The van der Waals surface area contributed by atoms with Crippen LogP contribution in [0, 0.1) is 11.3 Å². The van der Waals surface area contributed by atoms with Crippen molar-refractivity contribution in [1.82, 2.24) is 0 Å². The number of rotatable bonds is 4. The van der Waals surface area contributed by atoms with Crippen molar-refractivity contribution in [3.63, 3.8) is 0 Å². The summed E-state index contributed by atoms with van der Waals surface area (Å²) in [6, 6.07) is 0. The quantitative estimate of drug-likeness (QED) is 0.608. The summed E-state index contributed by atoms with van der Waals surface area (Å²) in [4.78, 5) is 0. The first-order valence-electron chi connectivity index (χ1n) is 4.59. The van der Waals surface area contributed by atoms with Crippen LogP contribution in [0.1, 0.15) is 47.0 Å².